The predicted molar refractivity (Wildman–Crippen MR) is 70.8 cm³/mol. The molecule has 0 spiro atoms. The fraction of sp³-hybridized carbons (Fsp3) is 0.462. The van der Waals surface area contributed by atoms with Crippen molar-refractivity contribution in [3.05, 3.63) is 24.3 Å². The SMILES string of the molecule is COc1ccccc1NC(=O)CNCCC(C)O. The number of methoxy groups -OCH3 is 1. The summed E-state index contributed by atoms with van der Waals surface area (Å²) in [4.78, 5) is 11.6. The van der Waals surface area contributed by atoms with E-state index in [0.29, 0.717) is 24.4 Å². The Morgan fingerprint density at radius 3 is 2.83 bits per heavy atom. The van der Waals surface area contributed by atoms with Crippen molar-refractivity contribution in [2.75, 3.05) is 25.5 Å². The molecule has 0 aromatic heterocycles. The third-order valence-electron chi connectivity index (χ3n) is 2.41. The summed E-state index contributed by atoms with van der Waals surface area (Å²) >= 11 is 0. The molecule has 0 heterocycles. The Morgan fingerprint density at radius 2 is 2.17 bits per heavy atom. The fourth-order valence-corrected chi connectivity index (χ4v) is 1.46. The zero-order valence-corrected chi connectivity index (χ0v) is 10.8. The van der Waals surface area contributed by atoms with Gasteiger partial charge in [-0.3, -0.25) is 4.79 Å². The molecule has 0 radical (unpaired) electrons. The molecule has 18 heavy (non-hydrogen) atoms. The number of aliphatic hydroxyl groups excluding tert-OH is 1. The van der Waals surface area contributed by atoms with Gasteiger partial charge < -0.3 is 20.5 Å². The molecule has 1 unspecified atom stereocenters. The van der Waals surface area contributed by atoms with Crippen molar-refractivity contribution in [1.29, 1.82) is 0 Å². The Balaban J connectivity index is 2.35. The third-order valence-corrected chi connectivity index (χ3v) is 2.41. The van der Waals surface area contributed by atoms with Crippen molar-refractivity contribution in [3.63, 3.8) is 0 Å². The number of benzene rings is 1. The van der Waals surface area contributed by atoms with Crippen LogP contribution in [0.25, 0.3) is 0 Å². The monoisotopic (exact) mass is 252 g/mol. The largest absolute Gasteiger partial charge is 0.495 e. The van der Waals surface area contributed by atoms with E-state index in [9.17, 15) is 4.79 Å². The lowest BCUT2D eigenvalue weighted by molar-refractivity contribution is -0.115. The molecule has 0 saturated carbocycles. The van der Waals surface area contributed by atoms with E-state index in [1.54, 1.807) is 26.2 Å². The van der Waals surface area contributed by atoms with Gasteiger partial charge in [-0.1, -0.05) is 12.1 Å². The number of ether oxygens (including phenoxy) is 1. The summed E-state index contributed by atoms with van der Waals surface area (Å²) in [5.74, 6) is 0.500. The van der Waals surface area contributed by atoms with Crippen LogP contribution < -0.4 is 15.4 Å². The Labute approximate surface area is 107 Å². The molecule has 0 saturated heterocycles. The average molecular weight is 252 g/mol. The van der Waals surface area contributed by atoms with Gasteiger partial charge in [0.25, 0.3) is 0 Å². The molecular weight excluding hydrogens is 232 g/mol. The van der Waals surface area contributed by atoms with Gasteiger partial charge in [-0.05, 0) is 32.0 Å². The molecule has 1 aromatic carbocycles. The van der Waals surface area contributed by atoms with Crippen molar-refractivity contribution in [3.8, 4) is 5.75 Å². The minimum absolute atomic E-state index is 0.134. The molecule has 1 amide bonds. The summed E-state index contributed by atoms with van der Waals surface area (Å²) in [5.41, 5.74) is 0.655. The molecule has 3 N–H and O–H groups in total. The highest BCUT2D eigenvalue weighted by molar-refractivity contribution is 5.93. The lowest BCUT2D eigenvalue weighted by Crippen LogP contribution is -2.30. The Kier molecular flexibility index (Phi) is 6.18. The maximum atomic E-state index is 11.6. The quantitative estimate of drug-likeness (QED) is 0.633. The smallest absolute Gasteiger partial charge is 0.238 e. The van der Waals surface area contributed by atoms with E-state index < -0.39 is 0 Å². The molecule has 0 bridgehead atoms. The van der Waals surface area contributed by atoms with E-state index in [1.807, 2.05) is 12.1 Å². The van der Waals surface area contributed by atoms with Crippen LogP contribution in [-0.2, 0) is 4.79 Å². The summed E-state index contributed by atoms with van der Waals surface area (Å²) in [7, 11) is 1.56. The second-order valence-electron chi connectivity index (χ2n) is 4.06. The number of rotatable bonds is 7. The zero-order valence-electron chi connectivity index (χ0n) is 10.8. The van der Waals surface area contributed by atoms with E-state index in [4.69, 9.17) is 9.84 Å². The number of carbonyl (C=O) groups is 1. The number of para-hydroxylation sites is 2. The Morgan fingerprint density at radius 1 is 1.44 bits per heavy atom. The standard InChI is InChI=1S/C13H20N2O3/c1-10(16)7-8-14-9-13(17)15-11-5-3-4-6-12(11)18-2/h3-6,10,14,16H,7-9H2,1-2H3,(H,15,17). The van der Waals surface area contributed by atoms with Crippen molar-refractivity contribution in [2.45, 2.75) is 19.4 Å². The van der Waals surface area contributed by atoms with Gasteiger partial charge in [-0.2, -0.15) is 0 Å². The summed E-state index contributed by atoms with van der Waals surface area (Å²) in [6, 6.07) is 7.25. The van der Waals surface area contributed by atoms with Crippen LogP contribution >= 0.6 is 0 Å². The topological polar surface area (TPSA) is 70.6 Å². The highest BCUT2D eigenvalue weighted by atomic mass is 16.5. The van der Waals surface area contributed by atoms with E-state index in [-0.39, 0.29) is 18.6 Å². The van der Waals surface area contributed by atoms with E-state index in [0.717, 1.165) is 0 Å². The molecule has 1 aromatic rings. The van der Waals surface area contributed by atoms with Crippen LogP contribution in [0.1, 0.15) is 13.3 Å². The number of nitrogens with one attached hydrogen (secondary N) is 2. The predicted octanol–water partition coefficient (Wildman–Crippen LogP) is 0.994. The lowest BCUT2D eigenvalue weighted by atomic mass is 10.3. The molecule has 0 aliphatic rings. The van der Waals surface area contributed by atoms with Gasteiger partial charge in [-0.15, -0.1) is 0 Å². The van der Waals surface area contributed by atoms with Crippen LogP contribution in [0.2, 0.25) is 0 Å². The number of amides is 1. The molecule has 5 nitrogen and oxygen atoms in total. The first-order valence-corrected chi connectivity index (χ1v) is 5.95. The minimum Gasteiger partial charge on any atom is -0.495 e. The second kappa shape index (κ2) is 7.68. The van der Waals surface area contributed by atoms with Crippen LogP contribution in [0.3, 0.4) is 0 Å². The lowest BCUT2D eigenvalue weighted by Gasteiger charge is -2.10. The number of anilines is 1. The van der Waals surface area contributed by atoms with Crippen molar-refractivity contribution in [2.24, 2.45) is 0 Å². The molecule has 0 aliphatic heterocycles. The number of aliphatic hydroxyl groups is 1. The molecule has 0 aliphatic carbocycles. The third kappa shape index (κ3) is 5.16. The maximum absolute atomic E-state index is 11.6. The van der Waals surface area contributed by atoms with Crippen LogP contribution in [0.15, 0.2) is 24.3 Å². The minimum atomic E-state index is -0.352. The molecular formula is C13H20N2O3. The summed E-state index contributed by atoms with van der Waals surface area (Å²) in [6.45, 7) is 2.54. The maximum Gasteiger partial charge on any atom is 0.238 e. The first-order chi connectivity index (χ1) is 8.63. The zero-order chi connectivity index (χ0) is 13.4. The van der Waals surface area contributed by atoms with Gasteiger partial charge in [0.1, 0.15) is 5.75 Å². The summed E-state index contributed by atoms with van der Waals surface area (Å²) < 4.78 is 5.14. The molecule has 1 atom stereocenters. The molecule has 1 rings (SSSR count). The Hall–Kier alpha value is -1.59. The second-order valence-corrected chi connectivity index (χ2v) is 4.06. The highest BCUT2D eigenvalue weighted by Crippen LogP contribution is 2.22. The van der Waals surface area contributed by atoms with Crippen LogP contribution in [-0.4, -0.2) is 37.3 Å². The van der Waals surface area contributed by atoms with E-state index >= 15 is 0 Å². The Bertz CT molecular complexity index is 380. The van der Waals surface area contributed by atoms with Gasteiger partial charge in [0.15, 0.2) is 0 Å². The van der Waals surface area contributed by atoms with Gasteiger partial charge >= 0.3 is 0 Å². The number of hydrogen-bond donors (Lipinski definition) is 3. The van der Waals surface area contributed by atoms with Crippen LogP contribution in [0.5, 0.6) is 5.75 Å². The number of carbonyl (C=O) groups excluding carboxylic acids is 1. The van der Waals surface area contributed by atoms with Crippen LogP contribution in [0.4, 0.5) is 5.69 Å². The highest BCUT2D eigenvalue weighted by Gasteiger charge is 2.06. The van der Waals surface area contributed by atoms with E-state index in [1.165, 1.54) is 0 Å². The molecule has 100 valence electrons. The summed E-state index contributed by atoms with van der Waals surface area (Å²) in [5, 5.41) is 14.8. The molecule has 0 fully saturated rings. The van der Waals surface area contributed by atoms with Gasteiger partial charge in [0, 0.05) is 0 Å². The van der Waals surface area contributed by atoms with Crippen molar-refractivity contribution in [1.82, 2.24) is 5.32 Å². The normalized spacial score (nSPS) is 11.9. The number of hydrogen-bond acceptors (Lipinski definition) is 4. The van der Waals surface area contributed by atoms with Gasteiger partial charge in [0.2, 0.25) is 5.91 Å². The first-order valence-electron chi connectivity index (χ1n) is 5.95. The van der Waals surface area contributed by atoms with Crippen molar-refractivity contribution < 1.29 is 14.6 Å². The summed E-state index contributed by atoms with van der Waals surface area (Å²) in [6.07, 6.45) is 0.275. The fourth-order valence-electron chi connectivity index (χ4n) is 1.46. The van der Waals surface area contributed by atoms with Gasteiger partial charge in [-0.25, -0.2) is 0 Å². The average Bonchev–Trinajstić information content (AvgIpc) is 2.35. The van der Waals surface area contributed by atoms with E-state index in [2.05, 4.69) is 10.6 Å². The van der Waals surface area contributed by atoms with Crippen LogP contribution in [0, 0.1) is 0 Å². The van der Waals surface area contributed by atoms with Gasteiger partial charge in [0.05, 0.1) is 25.4 Å². The molecule has 5 heteroatoms. The van der Waals surface area contributed by atoms with Crippen molar-refractivity contribution >= 4 is 11.6 Å². The first kappa shape index (κ1) is 14.5.